The number of unbranched alkanes of at least 4 members (excludes halogenated alkanes) is 1. The number of aryl methyl sites for hydroxylation is 1. The monoisotopic (exact) mass is 553 g/mol. The fourth-order valence-electron chi connectivity index (χ4n) is 5.77. The molecule has 0 aliphatic carbocycles. The van der Waals surface area contributed by atoms with Gasteiger partial charge in [0.1, 0.15) is 11.5 Å². The SMILES string of the molecule is C[C@H](CCc1ccc(O)cc1)NC(=O)Cc1c(-c2ccccc2)[nH]c2cc(OCCCCN3CCCCC3)ccc12. The Kier molecular flexibility index (Phi) is 9.97. The Labute approximate surface area is 243 Å². The summed E-state index contributed by atoms with van der Waals surface area (Å²) >= 11 is 0. The summed E-state index contributed by atoms with van der Waals surface area (Å²) in [6, 6.07) is 23.7. The number of carbonyl (C=O) groups excluding carboxylic acids is 1. The van der Waals surface area contributed by atoms with Crippen molar-refractivity contribution in [2.24, 2.45) is 0 Å². The molecule has 6 heteroatoms. The molecule has 6 nitrogen and oxygen atoms in total. The van der Waals surface area contributed by atoms with E-state index in [1.165, 1.54) is 38.9 Å². The topological polar surface area (TPSA) is 77.6 Å². The fourth-order valence-corrected chi connectivity index (χ4v) is 5.77. The molecule has 0 unspecified atom stereocenters. The number of aromatic nitrogens is 1. The van der Waals surface area contributed by atoms with Crippen molar-refractivity contribution in [2.75, 3.05) is 26.2 Å². The molecular weight excluding hydrogens is 510 g/mol. The molecule has 4 aromatic rings. The first-order chi connectivity index (χ1) is 20.0. The lowest BCUT2D eigenvalue weighted by Gasteiger charge is -2.26. The normalized spacial score (nSPS) is 14.7. The van der Waals surface area contributed by atoms with E-state index in [-0.39, 0.29) is 17.7 Å². The van der Waals surface area contributed by atoms with Crippen LogP contribution in [0.2, 0.25) is 0 Å². The van der Waals surface area contributed by atoms with Crippen molar-refractivity contribution in [1.29, 1.82) is 0 Å². The van der Waals surface area contributed by atoms with Crippen LogP contribution in [0.3, 0.4) is 0 Å². The number of nitrogens with one attached hydrogen (secondary N) is 2. The van der Waals surface area contributed by atoms with E-state index in [9.17, 15) is 9.90 Å². The number of piperidine rings is 1. The van der Waals surface area contributed by atoms with E-state index in [1.807, 2.05) is 43.3 Å². The van der Waals surface area contributed by atoms with Gasteiger partial charge in [-0.15, -0.1) is 0 Å². The zero-order valence-electron chi connectivity index (χ0n) is 24.2. The van der Waals surface area contributed by atoms with Crippen molar-refractivity contribution >= 4 is 16.8 Å². The summed E-state index contributed by atoms with van der Waals surface area (Å²) in [6.45, 7) is 6.41. The average molecular weight is 554 g/mol. The van der Waals surface area contributed by atoms with Gasteiger partial charge >= 0.3 is 0 Å². The minimum Gasteiger partial charge on any atom is -0.508 e. The van der Waals surface area contributed by atoms with Gasteiger partial charge in [-0.2, -0.15) is 0 Å². The smallest absolute Gasteiger partial charge is 0.224 e. The summed E-state index contributed by atoms with van der Waals surface area (Å²) in [5, 5.41) is 13.7. The lowest BCUT2D eigenvalue weighted by atomic mass is 10.0. The molecule has 1 aliphatic heterocycles. The highest BCUT2D eigenvalue weighted by atomic mass is 16.5. The molecule has 0 radical (unpaired) electrons. The zero-order valence-corrected chi connectivity index (χ0v) is 24.2. The second-order valence-electron chi connectivity index (χ2n) is 11.4. The number of phenolic OH excluding ortho intramolecular Hbond substituents is 1. The minimum atomic E-state index is 0.00955. The van der Waals surface area contributed by atoms with Gasteiger partial charge in [0.2, 0.25) is 5.91 Å². The predicted octanol–water partition coefficient (Wildman–Crippen LogP) is 6.87. The number of amides is 1. The molecule has 1 fully saturated rings. The van der Waals surface area contributed by atoms with Crippen molar-refractivity contribution < 1.29 is 14.6 Å². The maximum atomic E-state index is 13.2. The number of aromatic amines is 1. The van der Waals surface area contributed by atoms with Gasteiger partial charge in [0.25, 0.3) is 0 Å². The van der Waals surface area contributed by atoms with Gasteiger partial charge in [-0.1, -0.05) is 48.9 Å². The third-order valence-corrected chi connectivity index (χ3v) is 8.07. The van der Waals surface area contributed by atoms with Gasteiger partial charge in [0.15, 0.2) is 0 Å². The first-order valence-corrected chi connectivity index (χ1v) is 15.2. The van der Waals surface area contributed by atoms with E-state index in [0.29, 0.717) is 13.0 Å². The summed E-state index contributed by atoms with van der Waals surface area (Å²) in [5.74, 6) is 1.13. The summed E-state index contributed by atoms with van der Waals surface area (Å²) < 4.78 is 6.13. The number of hydrogen-bond donors (Lipinski definition) is 3. The Bertz CT molecular complexity index is 1390. The van der Waals surface area contributed by atoms with Crippen molar-refractivity contribution in [2.45, 2.75) is 64.3 Å². The summed E-state index contributed by atoms with van der Waals surface area (Å²) in [4.78, 5) is 19.4. The molecule has 3 aromatic carbocycles. The quantitative estimate of drug-likeness (QED) is 0.158. The first kappa shape index (κ1) is 28.7. The zero-order chi connectivity index (χ0) is 28.4. The molecule has 5 rings (SSSR count). The standard InChI is InChI=1S/C35H43N3O3/c1-26(12-13-27-14-16-29(39)17-15-27)36-34(40)25-32-31-19-18-30(41-23-9-8-22-38-20-6-3-7-21-38)24-33(31)37-35(32)28-10-4-2-5-11-28/h2,4-5,10-11,14-19,24,26,37,39H,3,6-9,12-13,20-23,25H2,1H3,(H,36,40)/t26-/m1/s1. The highest BCUT2D eigenvalue weighted by Crippen LogP contribution is 2.33. The molecule has 1 aromatic heterocycles. The van der Waals surface area contributed by atoms with Crippen LogP contribution in [0.1, 0.15) is 56.6 Å². The summed E-state index contributed by atoms with van der Waals surface area (Å²) in [7, 11) is 0. The van der Waals surface area contributed by atoms with Gasteiger partial charge in [-0.25, -0.2) is 0 Å². The lowest BCUT2D eigenvalue weighted by Crippen LogP contribution is -2.34. The number of likely N-dealkylation sites (tertiary alicyclic amines) is 1. The van der Waals surface area contributed by atoms with E-state index < -0.39 is 0 Å². The van der Waals surface area contributed by atoms with Crippen LogP contribution in [0, 0.1) is 0 Å². The molecule has 0 bridgehead atoms. The molecule has 216 valence electrons. The number of hydrogen-bond acceptors (Lipinski definition) is 4. The third kappa shape index (κ3) is 8.14. The van der Waals surface area contributed by atoms with Gasteiger partial charge in [0.05, 0.1) is 18.7 Å². The molecule has 1 amide bonds. The highest BCUT2D eigenvalue weighted by Gasteiger charge is 2.18. The van der Waals surface area contributed by atoms with Crippen LogP contribution in [0.25, 0.3) is 22.2 Å². The molecule has 41 heavy (non-hydrogen) atoms. The van der Waals surface area contributed by atoms with Crippen LogP contribution in [-0.4, -0.2) is 53.2 Å². The summed E-state index contributed by atoms with van der Waals surface area (Å²) in [5.41, 5.74) is 5.17. The Morgan fingerprint density at radius 3 is 2.56 bits per heavy atom. The van der Waals surface area contributed by atoms with E-state index in [4.69, 9.17) is 4.74 Å². The Hall–Kier alpha value is -3.77. The Morgan fingerprint density at radius 1 is 1.00 bits per heavy atom. The number of nitrogens with zero attached hydrogens (tertiary/aromatic N) is 1. The molecule has 0 saturated carbocycles. The van der Waals surface area contributed by atoms with Crippen molar-refractivity contribution in [3.63, 3.8) is 0 Å². The number of phenols is 1. The highest BCUT2D eigenvalue weighted by molar-refractivity contribution is 5.95. The maximum Gasteiger partial charge on any atom is 0.224 e. The third-order valence-electron chi connectivity index (χ3n) is 8.07. The van der Waals surface area contributed by atoms with Crippen LogP contribution in [0.5, 0.6) is 11.5 Å². The molecule has 1 aliphatic rings. The predicted molar refractivity (Wildman–Crippen MR) is 166 cm³/mol. The van der Waals surface area contributed by atoms with E-state index >= 15 is 0 Å². The second-order valence-corrected chi connectivity index (χ2v) is 11.4. The number of aromatic hydroxyl groups is 1. The number of rotatable bonds is 13. The molecule has 3 N–H and O–H groups in total. The Morgan fingerprint density at radius 2 is 1.78 bits per heavy atom. The molecule has 1 saturated heterocycles. The van der Waals surface area contributed by atoms with Crippen molar-refractivity contribution in [3.05, 3.63) is 83.9 Å². The van der Waals surface area contributed by atoms with Crippen LogP contribution < -0.4 is 10.1 Å². The molecule has 2 heterocycles. The van der Waals surface area contributed by atoms with E-state index in [2.05, 4.69) is 39.5 Å². The van der Waals surface area contributed by atoms with E-state index in [0.717, 1.165) is 64.7 Å². The lowest BCUT2D eigenvalue weighted by molar-refractivity contribution is -0.121. The Balaban J connectivity index is 1.21. The largest absolute Gasteiger partial charge is 0.508 e. The number of carbonyl (C=O) groups is 1. The minimum absolute atomic E-state index is 0.00955. The number of fused-ring (bicyclic) bond motifs is 1. The molecule has 0 spiro atoms. The van der Waals surface area contributed by atoms with Crippen LogP contribution >= 0.6 is 0 Å². The maximum absolute atomic E-state index is 13.2. The number of benzene rings is 3. The molecular formula is C35H43N3O3. The molecule has 1 atom stereocenters. The van der Waals surface area contributed by atoms with Gasteiger partial charge < -0.3 is 25.0 Å². The first-order valence-electron chi connectivity index (χ1n) is 15.2. The van der Waals surface area contributed by atoms with Crippen molar-refractivity contribution in [3.8, 4) is 22.8 Å². The second kappa shape index (κ2) is 14.2. The number of H-pyrrole nitrogens is 1. The van der Waals surface area contributed by atoms with Gasteiger partial charge in [-0.05, 0) is 106 Å². The van der Waals surface area contributed by atoms with Gasteiger partial charge in [0, 0.05) is 23.0 Å². The van der Waals surface area contributed by atoms with Crippen LogP contribution in [0.4, 0.5) is 0 Å². The van der Waals surface area contributed by atoms with Gasteiger partial charge in [-0.3, -0.25) is 4.79 Å². The van der Waals surface area contributed by atoms with E-state index in [1.54, 1.807) is 12.1 Å². The fraction of sp³-hybridized carbons (Fsp3) is 0.400. The average Bonchev–Trinajstić information content (AvgIpc) is 3.35. The van der Waals surface area contributed by atoms with Crippen LogP contribution in [0.15, 0.2) is 72.8 Å². The van der Waals surface area contributed by atoms with Crippen LogP contribution in [-0.2, 0) is 17.6 Å². The number of ether oxygens (including phenoxy) is 1. The van der Waals surface area contributed by atoms with Crippen molar-refractivity contribution in [1.82, 2.24) is 15.2 Å². The summed E-state index contributed by atoms with van der Waals surface area (Å²) in [6.07, 6.45) is 8.22.